The molecule has 64 valence electrons. The first-order valence-electron chi connectivity index (χ1n) is 4.50. The Bertz CT molecular complexity index is 134. The van der Waals surface area contributed by atoms with Gasteiger partial charge in [0.25, 0.3) is 0 Å². The molecule has 2 aliphatic rings. The summed E-state index contributed by atoms with van der Waals surface area (Å²) >= 11 is 0. The average Bonchev–Trinajstić information content (AvgIpc) is 2.55. The van der Waals surface area contributed by atoms with E-state index in [-0.39, 0.29) is 6.10 Å². The van der Waals surface area contributed by atoms with E-state index in [4.69, 9.17) is 0 Å². The number of aliphatic hydroxyl groups excluding tert-OH is 1. The molecule has 0 bridgehead atoms. The van der Waals surface area contributed by atoms with Gasteiger partial charge in [-0.1, -0.05) is 0 Å². The average molecular weight is 156 g/mol. The summed E-state index contributed by atoms with van der Waals surface area (Å²) in [6.07, 6.45) is 2.39. The maximum Gasteiger partial charge on any atom is 0.0719 e. The maximum atomic E-state index is 9.55. The van der Waals surface area contributed by atoms with Crippen LogP contribution >= 0.6 is 0 Å². The monoisotopic (exact) mass is 156 g/mol. The Morgan fingerprint density at radius 3 is 2.73 bits per heavy atom. The highest BCUT2D eigenvalue weighted by Crippen LogP contribution is 2.20. The van der Waals surface area contributed by atoms with E-state index >= 15 is 0 Å². The van der Waals surface area contributed by atoms with Crippen molar-refractivity contribution >= 4 is 0 Å². The summed E-state index contributed by atoms with van der Waals surface area (Å²) in [4.78, 5) is 0. The molecule has 11 heavy (non-hydrogen) atoms. The largest absolute Gasteiger partial charge is 0.391 e. The highest BCUT2D eigenvalue weighted by atomic mass is 16.3. The van der Waals surface area contributed by atoms with Crippen LogP contribution in [0.4, 0.5) is 0 Å². The normalized spacial score (nSPS) is 45.0. The molecule has 0 saturated carbocycles. The minimum atomic E-state index is -0.120. The van der Waals surface area contributed by atoms with Gasteiger partial charge >= 0.3 is 0 Å². The van der Waals surface area contributed by atoms with Crippen LogP contribution < -0.4 is 10.6 Å². The zero-order valence-corrected chi connectivity index (χ0v) is 6.71. The second kappa shape index (κ2) is 3.09. The SMILES string of the molecule is O[C@@H]1CNC[C@H]1C1CCCN1. The van der Waals surface area contributed by atoms with Crippen molar-refractivity contribution in [3.63, 3.8) is 0 Å². The van der Waals surface area contributed by atoms with Crippen molar-refractivity contribution < 1.29 is 5.11 Å². The lowest BCUT2D eigenvalue weighted by molar-refractivity contribution is 0.129. The molecule has 2 fully saturated rings. The second-order valence-electron chi connectivity index (χ2n) is 3.59. The van der Waals surface area contributed by atoms with Gasteiger partial charge in [0.2, 0.25) is 0 Å². The van der Waals surface area contributed by atoms with Crippen molar-refractivity contribution in [2.24, 2.45) is 5.92 Å². The molecule has 3 N–H and O–H groups in total. The fourth-order valence-corrected chi connectivity index (χ4v) is 2.17. The van der Waals surface area contributed by atoms with E-state index in [1.54, 1.807) is 0 Å². The van der Waals surface area contributed by atoms with E-state index < -0.39 is 0 Å². The van der Waals surface area contributed by atoms with Crippen LogP contribution in [0.15, 0.2) is 0 Å². The highest BCUT2D eigenvalue weighted by molar-refractivity contribution is 4.91. The van der Waals surface area contributed by atoms with Crippen LogP contribution in [0.5, 0.6) is 0 Å². The number of nitrogens with one attached hydrogen (secondary N) is 2. The van der Waals surface area contributed by atoms with E-state index in [1.807, 2.05) is 0 Å². The number of hydrogen-bond donors (Lipinski definition) is 3. The number of hydrogen-bond acceptors (Lipinski definition) is 3. The summed E-state index contributed by atoms with van der Waals surface area (Å²) in [6, 6.07) is 0.569. The summed E-state index contributed by atoms with van der Waals surface area (Å²) in [6.45, 7) is 2.90. The molecule has 0 spiro atoms. The Morgan fingerprint density at radius 1 is 1.27 bits per heavy atom. The van der Waals surface area contributed by atoms with E-state index in [9.17, 15) is 5.11 Å². The van der Waals surface area contributed by atoms with Gasteiger partial charge in [-0.3, -0.25) is 0 Å². The Hall–Kier alpha value is -0.120. The molecular weight excluding hydrogens is 140 g/mol. The van der Waals surface area contributed by atoms with Crippen LogP contribution in [0, 0.1) is 5.92 Å². The molecule has 0 aromatic carbocycles. The second-order valence-corrected chi connectivity index (χ2v) is 3.59. The van der Waals surface area contributed by atoms with Crippen molar-refractivity contribution in [1.29, 1.82) is 0 Å². The maximum absolute atomic E-state index is 9.55. The standard InChI is InChI=1S/C8H16N2O/c11-8-5-9-4-6(8)7-2-1-3-10-7/h6-11H,1-5H2/t6-,7?,8+/m0/s1. The molecule has 2 saturated heterocycles. The van der Waals surface area contributed by atoms with Gasteiger partial charge in [0.1, 0.15) is 0 Å². The first kappa shape index (κ1) is 7.53. The first-order chi connectivity index (χ1) is 5.38. The summed E-state index contributed by atoms with van der Waals surface area (Å²) in [5, 5.41) is 16.2. The van der Waals surface area contributed by atoms with Crippen molar-refractivity contribution in [2.45, 2.75) is 25.0 Å². The van der Waals surface area contributed by atoms with Crippen molar-refractivity contribution in [1.82, 2.24) is 10.6 Å². The molecule has 0 radical (unpaired) electrons. The number of rotatable bonds is 1. The van der Waals surface area contributed by atoms with Crippen LogP contribution in [-0.4, -0.2) is 36.9 Å². The van der Waals surface area contributed by atoms with Gasteiger partial charge in [0, 0.05) is 25.0 Å². The number of β-amino-alcohol motifs (C(OH)–C–C–N with tert-alkyl or cyclic N) is 1. The van der Waals surface area contributed by atoms with Gasteiger partial charge in [-0.05, 0) is 19.4 Å². The Balaban J connectivity index is 1.92. The molecule has 2 aliphatic heterocycles. The smallest absolute Gasteiger partial charge is 0.0719 e. The van der Waals surface area contributed by atoms with Gasteiger partial charge in [-0.15, -0.1) is 0 Å². The van der Waals surface area contributed by atoms with Gasteiger partial charge in [-0.2, -0.15) is 0 Å². The molecule has 2 heterocycles. The van der Waals surface area contributed by atoms with Crippen molar-refractivity contribution in [2.75, 3.05) is 19.6 Å². The minimum absolute atomic E-state index is 0.120. The molecule has 0 amide bonds. The quantitative estimate of drug-likeness (QED) is 0.471. The van der Waals surface area contributed by atoms with Gasteiger partial charge < -0.3 is 15.7 Å². The summed E-state index contributed by atoms with van der Waals surface area (Å²) in [5.74, 6) is 0.456. The van der Waals surface area contributed by atoms with Gasteiger partial charge in [-0.25, -0.2) is 0 Å². The molecule has 2 rings (SSSR count). The Kier molecular flexibility index (Phi) is 2.11. The van der Waals surface area contributed by atoms with E-state index in [2.05, 4.69) is 10.6 Å². The van der Waals surface area contributed by atoms with E-state index in [0.717, 1.165) is 19.6 Å². The third-order valence-corrected chi connectivity index (χ3v) is 2.84. The van der Waals surface area contributed by atoms with Crippen LogP contribution in [0.3, 0.4) is 0 Å². The molecule has 1 unspecified atom stereocenters. The van der Waals surface area contributed by atoms with E-state index in [1.165, 1.54) is 12.8 Å². The zero-order valence-electron chi connectivity index (χ0n) is 6.71. The van der Waals surface area contributed by atoms with Crippen LogP contribution in [0.25, 0.3) is 0 Å². The molecule has 0 aromatic rings. The molecular formula is C8H16N2O. The van der Waals surface area contributed by atoms with Gasteiger partial charge in [0.15, 0.2) is 0 Å². The predicted molar refractivity (Wildman–Crippen MR) is 43.4 cm³/mol. The number of aliphatic hydroxyl groups is 1. The molecule has 3 atom stereocenters. The molecule has 0 aliphatic carbocycles. The van der Waals surface area contributed by atoms with Crippen LogP contribution in [-0.2, 0) is 0 Å². The summed E-state index contributed by atoms with van der Waals surface area (Å²) in [7, 11) is 0. The summed E-state index contributed by atoms with van der Waals surface area (Å²) in [5.41, 5.74) is 0. The zero-order chi connectivity index (χ0) is 7.68. The summed E-state index contributed by atoms with van der Waals surface area (Å²) < 4.78 is 0. The van der Waals surface area contributed by atoms with Crippen molar-refractivity contribution in [3.05, 3.63) is 0 Å². The predicted octanol–water partition coefficient (Wildman–Crippen LogP) is -0.681. The topological polar surface area (TPSA) is 44.3 Å². The molecule has 3 heteroatoms. The molecule has 0 aromatic heterocycles. The third-order valence-electron chi connectivity index (χ3n) is 2.84. The fourth-order valence-electron chi connectivity index (χ4n) is 2.17. The highest BCUT2D eigenvalue weighted by Gasteiger charge is 2.33. The minimum Gasteiger partial charge on any atom is -0.391 e. The fraction of sp³-hybridized carbons (Fsp3) is 1.00. The lowest BCUT2D eigenvalue weighted by Crippen LogP contribution is -2.37. The van der Waals surface area contributed by atoms with Gasteiger partial charge in [0.05, 0.1) is 6.10 Å². The van der Waals surface area contributed by atoms with Crippen LogP contribution in [0.2, 0.25) is 0 Å². The van der Waals surface area contributed by atoms with E-state index in [0.29, 0.717) is 12.0 Å². The lowest BCUT2D eigenvalue weighted by Gasteiger charge is -2.20. The molecule has 3 nitrogen and oxygen atoms in total. The third kappa shape index (κ3) is 1.41. The Labute approximate surface area is 67.2 Å². The van der Waals surface area contributed by atoms with Crippen molar-refractivity contribution in [3.8, 4) is 0 Å². The Morgan fingerprint density at radius 2 is 2.18 bits per heavy atom. The first-order valence-corrected chi connectivity index (χ1v) is 4.50. The van der Waals surface area contributed by atoms with Crippen LogP contribution in [0.1, 0.15) is 12.8 Å². The lowest BCUT2D eigenvalue weighted by atomic mass is 9.95.